The van der Waals surface area contributed by atoms with E-state index in [1.165, 1.54) is 51.0 Å². The van der Waals surface area contributed by atoms with E-state index in [0.717, 1.165) is 24.1 Å². The molecule has 1 unspecified atom stereocenters. The fraction of sp³-hybridized carbons (Fsp3) is 0.484. The first-order chi connectivity index (χ1) is 17.5. The number of rotatable bonds is 17. The molecular formula is C31H43NO4. The summed E-state index contributed by atoms with van der Waals surface area (Å²) in [6, 6.07) is 12.8. The first-order valence-electron chi connectivity index (χ1n) is 13.5. The number of phenols is 1. The standard InChI is InChI=1S/C31H43NO4/c1-4-6-7-8-9-10-11-12-21-35-29-19-16-27(30(33)22-29)23-32-28-17-13-26(14-18-28)15-20-31(34)36-24-25(3)5-2/h13-20,22-23,25,33H,4-12,21,24H2,1-3H3/b20-15+,32-23?. The maximum atomic E-state index is 11.8. The van der Waals surface area contributed by atoms with Gasteiger partial charge in [-0.05, 0) is 48.2 Å². The Morgan fingerprint density at radius 1 is 0.972 bits per heavy atom. The predicted molar refractivity (Wildman–Crippen MR) is 149 cm³/mol. The number of carbonyl (C=O) groups is 1. The molecule has 1 atom stereocenters. The molecule has 196 valence electrons. The largest absolute Gasteiger partial charge is 0.507 e. The third-order valence-corrected chi connectivity index (χ3v) is 6.13. The van der Waals surface area contributed by atoms with E-state index in [-0.39, 0.29) is 11.7 Å². The lowest BCUT2D eigenvalue weighted by Gasteiger charge is -2.08. The summed E-state index contributed by atoms with van der Waals surface area (Å²) in [5, 5.41) is 10.3. The molecule has 0 radical (unpaired) electrons. The van der Waals surface area contributed by atoms with Gasteiger partial charge in [0.25, 0.3) is 0 Å². The van der Waals surface area contributed by atoms with Crippen LogP contribution in [-0.4, -0.2) is 30.5 Å². The molecule has 2 rings (SSSR count). The van der Waals surface area contributed by atoms with Crippen molar-refractivity contribution >= 4 is 23.9 Å². The van der Waals surface area contributed by atoms with Crippen molar-refractivity contribution in [3.05, 3.63) is 59.7 Å². The molecule has 0 fully saturated rings. The van der Waals surface area contributed by atoms with Crippen LogP contribution in [0.5, 0.6) is 11.5 Å². The van der Waals surface area contributed by atoms with Crippen LogP contribution in [0.2, 0.25) is 0 Å². The van der Waals surface area contributed by atoms with Crippen molar-refractivity contribution in [1.82, 2.24) is 0 Å². The van der Waals surface area contributed by atoms with E-state index in [1.54, 1.807) is 18.4 Å². The van der Waals surface area contributed by atoms with Crippen LogP contribution in [-0.2, 0) is 9.53 Å². The molecule has 0 aromatic heterocycles. The summed E-state index contributed by atoms with van der Waals surface area (Å²) in [6.07, 6.45) is 15.9. The Morgan fingerprint density at radius 2 is 1.67 bits per heavy atom. The average molecular weight is 494 g/mol. The van der Waals surface area contributed by atoms with Crippen molar-refractivity contribution < 1.29 is 19.4 Å². The van der Waals surface area contributed by atoms with E-state index in [4.69, 9.17) is 9.47 Å². The molecule has 2 aromatic carbocycles. The molecule has 5 heteroatoms. The van der Waals surface area contributed by atoms with E-state index in [9.17, 15) is 9.90 Å². The minimum absolute atomic E-state index is 0.141. The fourth-order valence-electron chi connectivity index (χ4n) is 3.52. The number of phenolic OH excluding ortho intramolecular Hbond substituents is 1. The number of nitrogens with zero attached hydrogens (tertiary/aromatic N) is 1. The van der Waals surface area contributed by atoms with Crippen molar-refractivity contribution in [2.45, 2.75) is 78.6 Å². The monoisotopic (exact) mass is 493 g/mol. The van der Waals surface area contributed by atoms with E-state index >= 15 is 0 Å². The smallest absolute Gasteiger partial charge is 0.330 e. The molecular weight excluding hydrogens is 450 g/mol. The highest BCUT2D eigenvalue weighted by Crippen LogP contribution is 2.24. The van der Waals surface area contributed by atoms with E-state index in [1.807, 2.05) is 36.4 Å². The van der Waals surface area contributed by atoms with E-state index in [2.05, 4.69) is 25.8 Å². The summed E-state index contributed by atoms with van der Waals surface area (Å²) in [5.74, 6) is 0.842. The molecule has 0 aliphatic carbocycles. The van der Waals surface area contributed by atoms with Crippen LogP contribution >= 0.6 is 0 Å². The Bertz CT molecular complexity index is 950. The average Bonchev–Trinajstić information content (AvgIpc) is 2.89. The van der Waals surface area contributed by atoms with Gasteiger partial charge >= 0.3 is 5.97 Å². The van der Waals surface area contributed by atoms with E-state index < -0.39 is 0 Å². The number of benzene rings is 2. The van der Waals surface area contributed by atoms with Gasteiger partial charge in [-0.1, -0.05) is 84.3 Å². The number of aromatic hydroxyl groups is 1. The fourth-order valence-corrected chi connectivity index (χ4v) is 3.52. The number of carbonyl (C=O) groups excluding carboxylic acids is 1. The molecule has 0 amide bonds. The van der Waals surface area contributed by atoms with Gasteiger partial charge in [0, 0.05) is 23.9 Å². The third-order valence-electron chi connectivity index (χ3n) is 6.13. The molecule has 0 aliphatic heterocycles. The van der Waals surface area contributed by atoms with Crippen LogP contribution in [0.4, 0.5) is 5.69 Å². The number of ether oxygens (including phenoxy) is 2. The van der Waals surface area contributed by atoms with Crippen LogP contribution in [0.15, 0.2) is 53.5 Å². The van der Waals surface area contributed by atoms with Gasteiger partial charge < -0.3 is 14.6 Å². The zero-order valence-corrected chi connectivity index (χ0v) is 22.2. The SMILES string of the molecule is CCCCCCCCCCOc1ccc(C=Nc2ccc(/C=C/C(=O)OCC(C)CC)cc2)c(O)c1. The van der Waals surface area contributed by atoms with Crippen molar-refractivity contribution in [3.8, 4) is 11.5 Å². The first kappa shape index (κ1) is 29.2. The van der Waals surface area contributed by atoms with Gasteiger partial charge in [-0.3, -0.25) is 4.99 Å². The molecule has 0 aliphatic rings. The summed E-state index contributed by atoms with van der Waals surface area (Å²) in [7, 11) is 0. The quantitative estimate of drug-likeness (QED) is 0.104. The second kappa shape index (κ2) is 17.4. The second-order valence-electron chi connectivity index (χ2n) is 9.37. The minimum atomic E-state index is -0.335. The summed E-state index contributed by atoms with van der Waals surface area (Å²) in [5.41, 5.74) is 2.26. The Labute approximate surface area is 217 Å². The van der Waals surface area contributed by atoms with Gasteiger partial charge in [0.15, 0.2) is 0 Å². The molecule has 0 saturated carbocycles. The predicted octanol–water partition coefficient (Wildman–Crippen LogP) is 8.26. The van der Waals surface area contributed by atoms with Gasteiger partial charge in [-0.15, -0.1) is 0 Å². The van der Waals surface area contributed by atoms with Crippen LogP contribution in [0.1, 0.15) is 89.7 Å². The lowest BCUT2D eigenvalue weighted by Crippen LogP contribution is -2.08. The van der Waals surface area contributed by atoms with Crippen molar-refractivity contribution in [2.24, 2.45) is 10.9 Å². The van der Waals surface area contributed by atoms with Gasteiger partial charge in [-0.25, -0.2) is 4.79 Å². The molecule has 0 spiro atoms. The molecule has 5 nitrogen and oxygen atoms in total. The Kier molecular flexibility index (Phi) is 14.1. The third kappa shape index (κ3) is 12.1. The second-order valence-corrected chi connectivity index (χ2v) is 9.37. The van der Waals surface area contributed by atoms with Gasteiger partial charge in [0.2, 0.25) is 0 Å². The summed E-state index contributed by atoms with van der Waals surface area (Å²) in [6.45, 7) is 7.47. The molecule has 2 aromatic rings. The normalized spacial score (nSPS) is 12.3. The summed E-state index contributed by atoms with van der Waals surface area (Å²) >= 11 is 0. The summed E-state index contributed by atoms with van der Waals surface area (Å²) < 4.78 is 11.0. The molecule has 0 bridgehead atoms. The number of unbranched alkanes of at least 4 members (excludes halogenated alkanes) is 7. The number of hydrogen-bond acceptors (Lipinski definition) is 5. The zero-order valence-electron chi connectivity index (χ0n) is 22.2. The van der Waals surface area contributed by atoms with Gasteiger partial charge in [0.1, 0.15) is 11.5 Å². The molecule has 36 heavy (non-hydrogen) atoms. The van der Waals surface area contributed by atoms with Crippen molar-refractivity contribution in [3.63, 3.8) is 0 Å². The lowest BCUT2D eigenvalue weighted by molar-refractivity contribution is -0.138. The van der Waals surface area contributed by atoms with Gasteiger partial charge in [-0.2, -0.15) is 0 Å². The highest BCUT2D eigenvalue weighted by atomic mass is 16.5. The zero-order chi connectivity index (χ0) is 26.0. The van der Waals surface area contributed by atoms with Crippen molar-refractivity contribution in [1.29, 1.82) is 0 Å². The first-order valence-corrected chi connectivity index (χ1v) is 13.5. The minimum Gasteiger partial charge on any atom is -0.507 e. The Morgan fingerprint density at radius 3 is 2.33 bits per heavy atom. The number of aliphatic imine (C=N–C) groups is 1. The van der Waals surface area contributed by atoms with Crippen LogP contribution in [0.3, 0.4) is 0 Å². The molecule has 1 N–H and O–H groups in total. The van der Waals surface area contributed by atoms with Crippen molar-refractivity contribution in [2.75, 3.05) is 13.2 Å². The summed E-state index contributed by atoms with van der Waals surface area (Å²) in [4.78, 5) is 16.2. The Balaban J connectivity index is 1.75. The van der Waals surface area contributed by atoms with Crippen LogP contribution < -0.4 is 4.74 Å². The molecule has 0 saturated heterocycles. The van der Waals surface area contributed by atoms with Crippen LogP contribution in [0.25, 0.3) is 6.08 Å². The van der Waals surface area contributed by atoms with Gasteiger partial charge in [0.05, 0.1) is 18.9 Å². The number of esters is 1. The Hall–Kier alpha value is -3.08. The molecule has 0 heterocycles. The van der Waals surface area contributed by atoms with E-state index in [0.29, 0.717) is 30.4 Å². The highest BCUT2D eigenvalue weighted by molar-refractivity contribution is 5.87. The lowest BCUT2D eigenvalue weighted by atomic mass is 10.1. The topological polar surface area (TPSA) is 68.1 Å². The van der Waals surface area contributed by atoms with Crippen LogP contribution in [0, 0.1) is 5.92 Å². The highest BCUT2D eigenvalue weighted by Gasteiger charge is 2.04. The maximum Gasteiger partial charge on any atom is 0.330 e. The number of hydrogen-bond donors (Lipinski definition) is 1. The maximum absolute atomic E-state index is 11.8.